The Hall–Kier alpha value is -1.46. The van der Waals surface area contributed by atoms with Crippen LogP contribution in [0.15, 0.2) is 18.2 Å². The highest BCUT2D eigenvalue weighted by Gasteiger charge is 2.30. The smallest absolute Gasteiger partial charge is 0.170 e. The Morgan fingerprint density at radius 3 is 2.48 bits per heavy atom. The summed E-state index contributed by atoms with van der Waals surface area (Å²) in [7, 11) is -1.10. The fourth-order valence-corrected chi connectivity index (χ4v) is 3.65. The van der Waals surface area contributed by atoms with E-state index in [0.29, 0.717) is 13.0 Å². The molecule has 5 heteroatoms. The summed E-state index contributed by atoms with van der Waals surface area (Å²) in [6.07, 6.45) is 1.36. The van der Waals surface area contributed by atoms with Crippen molar-refractivity contribution >= 4 is 20.3 Å². The molecule has 0 bridgehead atoms. The van der Waals surface area contributed by atoms with E-state index < -0.39 is 9.04 Å². The number of pyridine rings is 1. The van der Waals surface area contributed by atoms with Gasteiger partial charge in [0.2, 0.25) is 0 Å². The molecule has 0 saturated heterocycles. The van der Waals surface area contributed by atoms with Crippen LogP contribution in [0.4, 0.5) is 0 Å². The van der Waals surface area contributed by atoms with E-state index in [-0.39, 0.29) is 17.1 Å². The van der Waals surface area contributed by atoms with Gasteiger partial charge in [0.1, 0.15) is 0 Å². The quantitative estimate of drug-likeness (QED) is 0.534. The van der Waals surface area contributed by atoms with Crippen LogP contribution < -0.4 is 0 Å². The summed E-state index contributed by atoms with van der Waals surface area (Å²) in [5, 5.41) is 4.79. The molecule has 138 valence electrons. The fourth-order valence-electron chi connectivity index (χ4n) is 3.07. The van der Waals surface area contributed by atoms with Gasteiger partial charge in [0.25, 0.3) is 0 Å². The maximum atomic E-state index is 12.4. The van der Waals surface area contributed by atoms with Crippen LogP contribution in [-0.2, 0) is 10.8 Å². The average Bonchev–Trinajstić information content (AvgIpc) is 2.97. The highest BCUT2D eigenvalue weighted by Crippen LogP contribution is 2.36. The summed E-state index contributed by atoms with van der Waals surface area (Å²) in [6.45, 7) is 15.8. The van der Waals surface area contributed by atoms with Crippen molar-refractivity contribution in [2.75, 3.05) is 6.61 Å². The standard InChI is InChI=1S/C20H32N2O2Si/c1-8-14-12-18-15(19(23)9-2)10-11-17(22(18)21-14)16(20(3,4)5)13-24-25(6)7/h10-12,16,25H,8-9,13H2,1-7H3. The van der Waals surface area contributed by atoms with Gasteiger partial charge in [-0.25, -0.2) is 4.52 Å². The number of hydrogen-bond donors (Lipinski definition) is 0. The van der Waals surface area contributed by atoms with Crippen molar-refractivity contribution in [2.45, 2.75) is 66.5 Å². The molecule has 0 N–H and O–H groups in total. The molecule has 0 aromatic carbocycles. The van der Waals surface area contributed by atoms with Crippen molar-refractivity contribution in [3.63, 3.8) is 0 Å². The maximum absolute atomic E-state index is 12.4. The number of hydrogen-bond acceptors (Lipinski definition) is 3. The average molecular weight is 361 g/mol. The molecule has 0 fully saturated rings. The van der Waals surface area contributed by atoms with Gasteiger partial charge < -0.3 is 4.43 Å². The Bertz CT molecular complexity index is 744. The fraction of sp³-hybridized carbons (Fsp3) is 0.600. The second-order valence-electron chi connectivity index (χ2n) is 8.04. The molecule has 2 aromatic heterocycles. The van der Waals surface area contributed by atoms with Gasteiger partial charge in [-0.3, -0.25) is 4.79 Å². The minimum atomic E-state index is -1.10. The number of Topliss-reactive ketones (excluding diaryl/α,β-unsaturated/α-hetero) is 1. The number of carbonyl (C=O) groups is 1. The Labute approximate surface area is 153 Å². The lowest BCUT2D eigenvalue weighted by Crippen LogP contribution is -2.28. The van der Waals surface area contributed by atoms with Gasteiger partial charge in [-0.05, 0) is 43.1 Å². The number of carbonyl (C=O) groups excluding carboxylic acids is 1. The molecular formula is C20H32N2O2Si. The van der Waals surface area contributed by atoms with Crippen LogP contribution in [0.3, 0.4) is 0 Å². The van der Waals surface area contributed by atoms with Crippen LogP contribution in [0, 0.1) is 5.41 Å². The summed E-state index contributed by atoms with van der Waals surface area (Å²) >= 11 is 0. The zero-order valence-corrected chi connectivity index (χ0v) is 17.9. The molecule has 2 heterocycles. The van der Waals surface area contributed by atoms with E-state index in [0.717, 1.165) is 28.9 Å². The first-order valence-electron chi connectivity index (χ1n) is 9.35. The highest BCUT2D eigenvalue weighted by molar-refractivity contribution is 6.48. The van der Waals surface area contributed by atoms with Crippen molar-refractivity contribution in [2.24, 2.45) is 5.41 Å². The molecule has 1 unspecified atom stereocenters. The summed E-state index contributed by atoms with van der Waals surface area (Å²) in [5.41, 5.74) is 3.89. The molecule has 0 spiro atoms. The second-order valence-corrected chi connectivity index (χ2v) is 10.5. The van der Waals surface area contributed by atoms with Crippen LogP contribution in [0.1, 0.15) is 68.7 Å². The molecule has 2 aromatic rings. The van der Waals surface area contributed by atoms with Gasteiger partial charge in [-0.2, -0.15) is 5.10 Å². The Morgan fingerprint density at radius 2 is 1.96 bits per heavy atom. The van der Waals surface area contributed by atoms with E-state index >= 15 is 0 Å². The van der Waals surface area contributed by atoms with Crippen LogP contribution in [0.2, 0.25) is 13.1 Å². The monoisotopic (exact) mass is 360 g/mol. The number of aromatic nitrogens is 2. The van der Waals surface area contributed by atoms with E-state index in [1.165, 1.54) is 0 Å². The van der Waals surface area contributed by atoms with Crippen molar-refractivity contribution < 1.29 is 9.22 Å². The molecule has 25 heavy (non-hydrogen) atoms. The van der Waals surface area contributed by atoms with Crippen LogP contribution >= 0.6 is 0 Å². The third-order valence-corrected chi connectivity index (χ3v) is 5.54. The summed E-state index contributed by atoms with van der Waals surface area (Å²) < 4.78 is 8.09. The molecular weight excluding hydrogens is 328 g/mol. The van der Waals surface area contributed by atoms with Gasteiger partial charge in [0.15, 0.2) is 14.8 Å². The maximum Gasteiger partial charge on any atom is 0.170 e. The zero-order chi connectivity index (χ0) is 18.8. The number of fused-ring (bicyclic) bond motifs is 1. The van der Waals surface area contributed by atoms with E-state index in [1.54, 1.807) is 0 Å². The van der Waals surface area contributed by atoms with E-state index in [1.807, 2.05) is 17.5 Å². The number of rotatable bonds is 7. The third-order valence-electron chi connectivity index (χ3n) is 4.68. The number of nitrogens with zero attached hydrogens (tertiary/aromatic N) is 2. The van der Waals surface area contributed by atoms with E-state index in [9.17, 15) is 4.79 Å². The normalized spacial score (nSPS) is 13.6. The molecule has 0 saturated carbocycles. The lowest BCUT2D eigenvalue weighted by molar-refractivity contribution is 0.0989. The predicted octanol–water partition coefficient (Wildman–Crippen LogP) is 4.62. The zero-order valence-electron chi connectivity index (χ0n) is 16.7. The number of aryl methyl sites for hydroxylation is 1. The molecule has 0 aliphatic heterocycles. The van der Waals surface area contributed by atoms with E-state index in [2.05, 4.69) is 52.9 Å². The molecule has 0 amide bonds. The van der Waals surface area contributed by atoms with Crippen molar-refractivity contribution in [3.8, 4) is 0 Å². The van der Waals surface area contributed by atoms with Crippen molar-refractivity contribution in [3.05, 3.63) is 35.2 Å². The van der Waals surface area contributed by atoms with Gasteiger partial charge in [0, 0.05) is 30.2 Å². The first-order valence-corrected chi connectivity index (χ1v) is 12.1. The van der Waals surface area contributed by atoms with Crippen LogP contribution in [-0.4, -0.2) is 31.0 Å². The minimum absolute atomic E-state index is 0.0465. The minimum Gasteiger partial charge on any atom is -0.420 e. The topological polar surface area (TPSA) is 43.6 Å². The van der Waals surface area contributed by atoms with Crippen LogP contribution in [0.25, 0.3) is 5.52 Å². The SMILES string of the molecule is CCC(=O)c1ccc(C(CO[SiH](C)C)C(C)(C)C)n2nc(CC)cc12. The molecule has 2 rings (SSSR count). The molecule has 1 atom stereocenters. The summed E-state index contributed by atoms with van der Waals surface area (Å²) in [5.74, 6) is 0.387. The summed E-state index contributed by atoms with van der Waals surface area (Å²) in [6, 6.07) is 6.11. The van der Waals surface area contributed by atoms with Gasteiger partial charge >= 0.3 is 0 Å². The lowest BCUT2D eigenvalue weighted by atomic mass is 9.79. The third kappa shape index (κ3) is 4.39. The first-order chi connectivity index (χ1) is 11.7. The molecule has 0 aliphatic rings. The Morgan fingerprint density at radius 1 is 1.28 bits per heavy atom. The number of ketones is 1. The van der Waals surface area contributed by atoms with Gasteiger partial charge in [0.05, 0.1) is 11.2 Å². The second kappa shape index (κ2) is 7.83. The molecule has 0 radical (unpaired) electrons. The van der Waals surface area contributed by atoms with Crippen molar-refractivity contribution in [1.29, 1.82) is 0 Å². The highest BCUT2D eigenvalue weighted by atomic mass is 28.3. The van der Waals surface area contributed by atoms with E-state index in [4.69, 9.17) is 9.52 Å². The first kappa shape index (κ1) is 19.9. The molecule has 4 nitrogen and oxygen atoms in total. The Kier molecular flexibility index (Phi) is 6.22. The van der Waals surface area contributed by atoms with Gasteiger partial charge in [-0.15, -0.1) is 0 Å². The summed E-state index contributed by atoms with van der Waals surface area (Å²) in [4.78, 5) is 12.4. The Balaban J connectivity index is 2.62. The van der Waals surface area contributed by atoms with Crippen LogP contribution in [0.5, 0.6) is 0 Å². The van der Waals surface area contributed by atoms with Gasteiger partial charge in [-0.1, -0.05) is 34.6 Å². The largest absolute Gasteiger partial charge is 0.420 e. The predicted molar refractivity (Wildman–Crippen MR) is 106 cm³/mol. The van der Waals surface area contributed by atoms with Crippen molar-refractivity contribution in [1.82, 2.24) is 9.61 Å². The lowest BCUT2D eigenvalue weighted by Gasteiger charge is -2.32. The molecule has 0 aliphatic carbocycles.